The van der Waals surface area contributed by atoms with E-state index in [0.29, 0.717) is 0 Å². The van der Waals surface area contributed by atoms with Gasteiger partial charge in [0.1, 0.15) is 23.9 Å². The minimum Gasteiger partial charge on any atom is -0.394 e. The van der Waals surface area contributed by atoms with E-state index in [9.17, 15) is 10.2 Å². The van der Waals surface area contributed by atoms with Gasteiger partial charge in [-0.05, 0) is 0 Å². The van der Waals surface area contributed by atoms with E-state index in [2.05, 4.69) is 5.48 Å². The molecule has 0 aromatic heterocycles. The number of aliphatic hydroxyl groups is 7. The van der Waals surface area contributed by atoms with E-state index in [1.165, 1.54) is 0 Å². The van der Waals surface area contributed by atoms with Gasteiger partial charge in [0.2, 0.25) is 0 Å². The molecule has 8 N–H and O–H groups in total. The Balaban J connectivity index is 4.10. The van der Waals surface area contributed by atoms with Gasteiger partial charge in [-0.1, -0.05) is 0 Å². The third-order valence-corrected chi connectivity index (χ3v) is 2.43. The molecule has 0 bridgehead atoms. The number of hydrogen-bond acceptors (Lipinski definition) is 9. The van der Waals surface area contributed by atoms with Crippen LogP contribution in [-0.4, -0.2) is 92.6 Å². The molecule has 0 aliphatic heterocycles. The van der Waals surface area contributed by atoms with E-state index in [1.54, 1.807) is 0 Å². The normalized spacial score (nSPS) is 17.5. The largest absolute Gasteiger partial charge is 0.394 e. The quantitative estimate of drug-likeness (QED) is 0.182. The van der Waals surface area contributed by atoms with Crippen LogP contribution in [0.1, 0.15) is 0 Å². The highest BCUT2D eigenvalue weighted by Gasteiger charge is 2.30. The van der Waals surface area contributed by atoms with Gasteiger partial charge in [-0.15, -0.1) is 0 Å². The first-order valence-corrected chi connectivity index (χ1v) is 5.33. The molecule has 0 saturated carbocycles. The van der Waals surface area contributed by atoms with Crippen molar-refractivity contribution in [2.24, 2.45) is 0 Å². The summed E-state index contributed by atoms with van der Waals surface area (Å²) >= 11 is 0. The number of aliphatic hydroxyl groups excluding tert-OH is 7. The first-order valence-electron chi connectivity index (χ1n) is 5.33. The first kappa shape index (κ1) is 17.6. The molecule has 110 valence electrons. The van der Waals surface area contributed by atoms with Gasteiger partial charge in [-0.2, -0.15) is 5.48 Å². The van der Waals surface area contributed by atoms with Crippen molar-refractivity contribution in [3.05, 3.63) is 0 Å². The Labute approximate surface area is 104 Å². The van der Waals surface area contributed by atoms with E-state index in [1.807, 2.05) is 0 Å². The topological polar surface area (TPSA) is 163 Å². The molecule has 0 saturated heterocycles. The summed E-state index contributed by atoms with van der Waals surface area (Å²) in [5.74, 6) is 0. The van der Waals surface area contributed by atoms with Gasteiger partial charge in [-0.25, -0.2) is 0 Å². The van der Waals surface area contributed by atoms with Gasteiger partial charge < -0.3 is 35.7 Å². The first-order chi connectivity index (χ1) is 8.46. The fraction of sp³-hybridized carbons (Fsp3) is 1.00. The van der Waals surface area contributed by atoms with Crippen molar-refractivity contribution < 1.29 is 40.6 Å². The second-order valence-corrected chi connectivity index (χ2v) is 3.98. The van der Waals surface area contributed by atoms with E-state index in [-0.39, 0.29) is 0 Å². The van der Waals surface area contributed by atoms with Crippen LogP contribution >= 0.6 is 0 Å². The number of hydroxylamine groups is 1. The van der Waals surface area contributed by atoms with Crippen LogP contribution in [-0.2, 0) is 4.84 Å². The summed E-state index contributed by atoms with van der Waals surface area (Å²) in [6, 6.07) is 0. The summed E-state index contributed by atoms with van der Waals surface area (Å²) in [5.41, 5.74) is 0.688. The molecule has 0 fully saturated rings. The summed E-state index contributed by atoms with van der Waals surface area (Å²) in [7, 11) is 0. The highest BCUT2D eigenvalue weighted by atomic mass is 16.7. The average Bonchev–Trinajstić information content (AvgIpc) is 2.42. The zero-order chi connectivity index (χ0) is 14.2. The molecule has 0 radical (unpaired) electrons. The molecule has 0 aromatic carbocycles. The zero-order valence-electron chi connectivity index (χ0n) is 9.81. The van der Waals surface area contributed by atoms with Crippen molar-refractivity contribution >= 4 is 0 Å². The van der Waals surface area contributed by atoms with Crippen LogP contribution < -0.4 is 5.48 Å². The maximum atomic E-state index is 9.36. The van der Waals surface area contributed by atoms with Crippen molar-refractivity contribution in [3.8, 4) is 0 Å². The van der Waals surface area contributed by atoms with Gasteiger partial charge in [0.25, 0.3) is 0 Å². The number of hydrogen-bond donors (Lipinski definition) is 8. The van der Waals surface area contributed by atoms with Crippen LogP contribution in [0.5, 0.6) is 0 Å². The lowest BCUT2D eigenvalue weighted by molar-refractivity contribution is -0.139. The molecule has 0 heterocycles. The molecule has 18 heavy (non-hydrogen) atoms. The van der Waals surface area contributed by atoms with Crippen molar-refractivity contribution in [2.75, 3.05) is 33.0 Å². The molecular formula is C9H21NO8. The summed E-state index contributed by atoms with van der Waals surface area (Å²) in [6.45, 7) is -3.05. The lowest BCUT2D eigenvalue weighted by atomic mass is 10.1. The Bertz CT molecular complexity index is 204. The van der Waals surface area contributed by atoms with Gasteiger partial charge in [0, 0.05) is 0 Å². The molecule has 0 aromatic rings. The van der Waals surface area contributed by atoms with Crippen LogP contribution in [0.4, 0.5) is 0 Å². The predicted octanol–water partition coefficient (Wildman–Crippen LogP) is -4.70. The van der Waals surface area contributed by atoms with Crippen LogP contribution in [0, 0.1) is 0 Å². The Morgan fingerprint density at radius 1 is 0.889 bits per heavy atom. The van der Waals surface area contributed by atoms with Gasteiger partial charge in [0.05, 0.1) is 33.0 Å². The molecule has 0 unspecified atom stereocenters. The summed E-state index contributed by atoms with van der Waals surface area (Å²) in [4.78, 5) is 4.72. The molecule has 0 rings (SSSR count). The number of rotatable bonds is 10. The molecule has 0 aliphatic rings. The second-order valence-electron chi connectivity index (χ2n) is 3.98. The maximum absolute atomic E-state index is 9.36. The molecule has 3 atom stereocenters. The van der Waals surface area contributed by atoms with Crippen LogP contribution in [0.3, 0.4) is 0 Å². The van der Waals surface area contributed by atoms with E-state index >= 15 is 0 Å². The van der Waals surface area contributed by atoms with Gasteiger partial charge in [0.15, 0.2) is 0 Å². The van der Waals surface area contributed by atoms with Crippen molar-refractivity contribution in [1.82, 2.24) is 5.48 Å². The average molecular weight is 271 g/mol. The van der Waals surface area contributed by atoms with E-state index in [4.69, 9.17) is 30.4 Å². The summed E-state index contributed by atoms with van der Waals surface area (Å²) < 4.78 is 0. The summed E-state index contributed by atoms with van der Waals surface area (Å²) in [5, 5.41) is 63.0. The molecule has 9 nitrogen and oxygen atoms in total. The second kappa shape index (κ2) is 8.69. The Morgan fingerprint density at radius 2 is 1.39 bits per heavy atom. The number of nitrogens with one attached hydrogen (secondary N) is 1. The smallest absolute Gasteiger partial charge is 0.112 e. The monoisotopic (exact) mass is 271 g/mol. The lowest BCUT2D eigenvalue weighted by Gasteiger charge is -2.29. The predicted molar refractivity (Wildman–Crippen MR) is 58.2 cm³/mol. The Hall–Kier alpha value is -0.360. The molecule has 0 aliphatic carbocycles. The minimum atomic E-state index is -1.61. The summed E-state index contributed by atoms with van der Waals surface area (Å²) in [6.07, 6.45) is -4.61. The Kier molecular flexibility index (Phi) is 8.52. The third kappa shape index (κ3) is 5.10. The van der Waals surface area contributed by atoms with Crippen molar-refractivity contribution in [2.45, 2.75) is 23.9 Å². The van der Waals surface area contributed by atoms with Crippen molar-refractivity contribution in [1.29, 1.82) is 0 Å². The lowest BCUT2D eigenvalue weighted by Crippen LogP contribution is -2.55. The fourth-order valence-electron chi connectivity index (χ4n) is 0.990. The van der Waals surface area contributed by atoms with Gasteiger partial charge in [-0.3, -0.25) is 4.84 Å². The van der Waals surface area contributed by atoms with Crippen molar-refractivity contribution in [3.63, 3.8) is 0 Å². The highest BCUT2D eigenvalue weighted by Crippen LogP contribution is 2.04. The maximum Gasteiger partial charge on any atom is 0.112 e. The Morgan fingerprint density at radius 3 is 1.78 bits per heavy atom. The zero-order valence-corrected chi connectivity index (χ0v) is 9.81. The molecule has 0 spiro atoms. The minimum absolute atomic E-state index is 0.486. The molecule has 9 heteroatoms. The molecule has 0 amide bonds. The molecular weight excluding hydrogens is 250 g/mol. The van der Waals surface area contributed by atoms with E-state index < -0.39 is 56.9 Å². The van der Waals surface area contributed by atoms with E-state index in [0.717, 1.165) is 0 Å². The standard InChI is InChI=1S/C9H21NO8/c11-1-6(15)8(17)7(16)2-18-10-9(3-12,4-13)5-14/h6-8,10-17H,1-5H2/t6-,7+,8-/m1/s1. The van der Waals surface area contributed by atoms with Crippen LogP contribution in [0.15, 0.2) is 0 Å². The third-order valence-electron chi connectivity index (χ3n) is 2.43. The highest BCUT2D eigenvalue weighted by molar-refractivity contribution is 4.83. The van der Waals surface area contributed by atoms with Crippen LogP contribution in [0.2, 0.25) is 0 Å². The van der Waals surface area contributed by atoms with Gasteiger partial charge >= 0.3 is 0 Å². The fourth-order valence-corrected chi connectivity index (χ4v) is 0.990. The van der Waals surface area contributed by atoms with Crippen LogP contribution in [0.25, 0.3) is 0 Å². The SMILES string of the molecule is OC[C@@H](O)[C@@H](O)[C@@H](O)CONC(CO)(CO)CO.